The molecule has 0 aliphatic carbocycles. The highest BCUT2D eigenvalue weighted by Gasteiger charge is 2.26. The van der Waals surface area contributed by atoms with Gasteiger partial charge in [-0.15, -0.1) is 0 Å². The standard InChI is InChI=1S/C9H17NO3/c1-7-3-4-10(7)6-8(13-2)5-9(11)12/h7-8H,3-6H2,1-2H3,(H,11,12). The van der Waals surface area contributed by atoms with Crippen LogP contribution >= 0.6 is 0 Å². The van der Waals surface area contributed by atoms with Crippen molar-refractivity contribution in [3.05, 3.63) is 0 Å². The number of carbonyl (C=O) groups is 1. The van der Waals surface area contributed by atoms with Crippen LogP contribution < -0.4 is 0 Å². The molecule has 1 fully saturated rings. The third-order valence-corrected chi connectivity index (χ3v) is 2.63. The molecule has 0 aromatic rings. The van der Waals surface area contributed by atoms with Crippen molar-refractivity contribution in [2.24, 2.45) is 0 Å². The van der Waals surface area contributed by atoms with E-state index in [1.165, 1.54) is 6.42 Å². The van der Waals surface area contributed by atoms with E-state index in [1.54, 1.807) is 7.11 Å². The van der Waals surface area contributed by atoms with Crippen LogP contribution in [0.3, 0.4) is 0 Å². The summed E-state index contributed by atoms with van der Waals surface area (Å²) >= 11 is 0. The Hall–Kier alpha value is -0.610. The van der Waals surface area contributed by atoms with Crippen molar-refractivity contribution in [2.45, 2.75) is 31.9 Å². The Morgan fingerprint density at radius 1 is 1.77 bits per heavy atom. The summed E-state index contributed by atoms with van der Waals surface area (Å²) in [6.45, 7) is 3.96. The number of nitrogens with zero attached hydrogens (tertiary/aromatic N) is 1. The molecule has 1 rings (SSSR count). The fourth-order valence-corrected chi connectivity index (χ4v) is 1.52. The molecule has 0 aromatic heterocycles. The molecule has 13 heavy (non-hydrogen) atoms. The third kappa shape index (κ3) is 2.97. The van der Waals surface area contributed by atoms with Crippen LogP contribution in [0.5, 0.6) is 0 Å². The second-order valence-corrected chi connectivity index (χ2v) is 3.59. The van der Waals surface area contributed by atoms with Gasteiger partial charge in [-0.25, -0.2) is 0 Å². The topological polar surface area (TPSA) is 49.8 Å². The smallest absolute Gasteiger partial charge is 0.306 e. The van der Waals surface area contributed by atoms with Crippen molar-refractivity contribution in [3.63, 3.8) is 0 Å². The summed E-state index contributed by atoms with van der Waals surface area (Å²) in [4.78, 5) is 12.7. The highest BCUT2D eigenvalue weighted by atomic mass is 16.5. The predicted molar refractivity (Wildman–Crippen MR) is 48.7 cm³/mol. The number of methoxy groups -OCH3 is 1. The summed E-state index contributed by atoms with van der Waals surface area (Å²) in [7, 11) is 1.57. The van der Waals surface area contributed by atoms with Crippen molar-refractivity contribution < 1.29 is 14.6 Å². The summed E-state index contributed by atoms with van der Waals surface area (Å²) in [6.07, 6.45) is 1.14. The van der Waals surface area contributed by atoms with Gasteiger partial charge in [-0.3, -0.25) is 9.69 Å². The Morgan fingerprint density at radius 2 is 2.46 bits per heavy atom. The molecule has 1 heterocycles. The summed E-state index contributed by atoms with van der Waals surface area (Å²) in [5.74, 6) is -0.792. The largest absolute Gasteiger partial charge is 0.481 e. The van der Waals surface area contributed by atoms with Crippen molar-refractivity contribution in [3.8, 4) is 0 Å². The first-order valence-electron chi connectivity index (χ1n) is 4.62. The van der Waals surface area contributed by atoms with E-state index >= 15 is 0 Å². The van der Waals surface area contributed by atoms with Crippen LogP contribution in [0.4, 0.5) is 0 Å². The number of rotatable bonds is 5. The van der Waals surface area contributed by atoms with E-state index in [2.05, 4.69) is 11.8 Å². The fourth-order valence-electron chi connectivity index (χ4n) is 1.52. The maximum atomic E-state index is 10.4. The summed E-state index contributed by atoms with van der Waals surface area (Å²) in [5.41, 5.74) is 0. The molecule has 1 aliphatic rings. The van der Waals surface area contributed by atoms with Gasteiger partial charge >= 0.3 is 5.97 Å². The molecule has 0 radical (unpaired) electrons. The van der Waals surface area contributed by atoms with Crippen LogP contribution in [0, 0.1) is 0 Å². The molecule has 0 amide bonds. The molecule has 1 saturated heterocycles. The molecular formula is C9H17NO3. The van der Waals surface area contributed by atoms with Gasteiger partial charge in [-0.2, -0.15) is 0 Å². The number of hydrogen-bond donors (Lipinski definition) is 1. The van der Waals surface area contributed by atoms with Gasteiger partial charge in [0.15, 0.2) is 0 Å². The highest BCUT2D eigenvalue weighted by Crippen LogP contribution is 2.17. The van der Waals surface area contributed by atoms with Gasteiger partial charge < -0.3 is 9.84 Å². The van der Waals surface area contributed by atoms with Gasteiger partial charge in [0.25, 0.3) is 0 Å². The lowest BCUT2D eigenvalue weighted by Gasteiger charge is -2.40. The second-order valence-electron chi connectivity index (χ2n) is 3.59. The Balaban J connectivity index is 2.26. The average molecular weight is 187 g/mol. The first kappa shape index (κ1) is 10.5. The van der Waals surface area contributed by atoms with Crippen LogP contribution in [0.15, 0.2) is 0 Å². The molecule has 0 aromatic carbocycles. The monoisotopic (exact) mass is 187 g/mol. The van der Waals surface area contributed by atoms with Crippen molar-refractivity contribution in [1.29, 1.82) is 0 Å². The SMILES string of the molecule is COC(CC(=O)O)CN1CCC1C. The van der Waals surface area contributed by atoms with Crippen LogP contribution in [0.2, 0.25) is 0 Å². The van der Waals surface area contributed by atoms with Gasteiger partial charge in [0.05, 0.1) is 12.5 Å². The first-order valence-corrected chi connectivity index (χ1v) is 4.62. The Kier molecular flexibility index (Phi) is 3.69. The highest BCUT2D eigenvalue weighted by molar-refractivity contribution is 5.67. The van der Waals surface area contributed by atoms with Gasteiger partial charge in [0.1, 0.15) is 0 Å². The molecule has 76 valence electrons. The zero-order chi connectivity index (χ0) is 9.84. The molecule has 1 N–H and O–H groups in total. The minimum absolute atomic E-state index is 0.0969. The van der Waals surface area contributed by atoms with Crippen molar-refractivity contribution >= 4 is 5.97 Å². The number of likely N-dealkylation sites (tertiary alicyclic amines) is 1. The molecule has 0 spiro atoms. The Labute approximate surface area is 78.5 Å². The quantitative estimate of drug-likeness (QED) is 0.683. The van der Waals surface area contributed by atoms with E-state index in [0.717, 1.165) is 13.1 Å². The summed E-state index contributed by atoms with van der Waals surface area (Å²) in [5, 5.41) is 8.59. The summed E-state index contributed by atoms with van der Waals surface area (Å²) < 4.78 is 5.09. The molecule has 2 unspecified atom stereocenters. The lowest BCUT2D eigenvalue weighted by Crippen LogP contribution is -2.49. The van der Waals surface area contributed by atoms with E-state index in [0.29, 0.717) is 6.04 Å². The van der Waals surface area contributed by atoms with Gasteiger partial charge in [0, 0.05) is 19.7 Å². The van der Waals surface area contributed by atoms with E-state index < -0.39 is 5.97 Å². The zero-order valence-electron chi connectivity index (χ0n) is 8.19. The maximum Gasteiger partial charge on any atom is 0.306 e. The van der Waals surface area contributed by atoms with E-state index in [-0.39, 0.29) is 12.5 Å². The minimum Gasteiger partial charge on any atom is -0.481 e. The third-order valence-electron chi connectivity index (χ3n) is 2.63. The summed E-state index contributed by atoms with van der Waals surface area (Å²) in [6, 6.07) is 0.589. The van der Waals surface area contributed by atoms with E-state index in [9.17, 15) is 4.79 Å². The molecule has 0 bridgehead atoms. The fraction of sp³-hybridized carbons (Fsp3) is 0.889. The Morgan fingerprint density at radius 3 is 2.77 bits per heavy atom. The van der Waals surface area contributed by atoms with Gasteiger partial charge in [0.2, 0.25) is 0 Å². The molecular weight excluding hydrogens is 170 g/mol. The number of ether oxygens (including phenoxy) is 1. The zero-order valence-corrected chi connectivity index (χ0v) is 8.19. The van der Waals surface area contributed by atoms with E-state index in [1.807, 2.05) is 0 Å². The second kappa shape index (κ2) is 4.58. The average Bonchev–Trinajstić information content (AvgIpc) is 2.08. The predicted octanol–water partition coefficient (Wildman–Crippen LogP) is 0.570. The molecule has 2 atom stereocenters. The van der Waals surface area contributed by atoms with Crippen molar-refractivity contribution in [1.82, 2.24) is 4.90 Å². The first-order chi connectivity index (χ1) is 6.13. The van der Waals surface area contributed by atoms with Gasteiger partial charge in [-0.1, -0.05) is 0 Å². The lowest BCUT2D eigenvalue weighted by molar-refractivity contribution is -0.140. The molecule has 4 heteroatoms. The maximum absolute atomic E-state index is 10.4. The van der Waals surface area contributed by atoms with E-state index in [4.69, 9.17) is 9.84 Å². The van der Waals surface area contributed by atoms with Crippen LogP contribution in [-0.2, 0) is 9.53 Å². The normalized spacial score (nSPS) is 25.2. The minimum atomic E-state index is -0.792. The van der Waals surface area contributed by atoms with Crippen molar-refractivity contribution in [2.75, 3.05) is 20.2 Å². The number of carboxylic acid groups (broad SMARTS) is 1. The van der Waals surface area contributed by atoms with Crippen LogP contribution in [0.1, 0.15) is 19.8 Å². The number of hydrogen-bond acceptors (Lipinski definition) is 3. The lowest BCUT2D eigenvalue weighted by atomic mass is 10.0. The van der Waals surface area contributed by atoms with Crippen LogP contribution in [-0.4, -0.2) is 48.3 Å². The van der Waals surface area contributed by atoms with Gasteiger partial charge in [-0.05, 0) is 19.9 Å². The molecule has 1 aliphatic heterocycles. The number of aliphatic carboxylic acids is 1. The molecule has 4 nitrogen and oxygen atoms in total. The molecule has 0 saturated carbocycles. The Bertz CT molecular complexity index is 184. The number of carboxylic acids is 1. The van der Waals surface area contributed by atoms with Crippen LogP contribution in [0.25, 0.3) is 0 Å².